The van der Waals surface area contributed by atoms with Crippen molar-refractivity contribution in [3.8, 4) is 12.1 Å². The molecule has 0 atom stereocenters. The van der Waals surface area contributed by atoms with Crippen LogP contribution in [0.15, 0.2) is 12.3 Å². The number of nitrogens with zero attached hydrogens (tertiary/aromatic N) is 3. The summed E-state index contributed by atoms with van der Waals surface area (Å²) in [5.41, 5.74) is -3.03. The maximum absolute atomic E-state index is 13.0. The van der Waals surface area contributed by atoms with Gasteiger partial charge in [0.05, 0.1) is 11.8 Å². The SMILES string of the molecule is N#Cc1nccc(NC2(C#N)CCC2)c1C(F)(F)F. The molecule has 0 spiro atoms. The van der Waals surface area contributed by atoms with Crippen LogP contribution in [0.4, 0.5) is 18.9 Å². The van der Waals surface area contributed by atoms with Gasteiger partial charge in [-0.05, 0) is 25.3 Å². The van der Waals surface area contributed by atoms with E-state index in [4.69, 9.17) is 10.5 Å². The van der Waals surface area contributed by atoms with Crippen molar-refractivity contribution in [2.45, 2.75) is 31.0 Å². The number of rotatable bonds is 2. The minimum Gasteiger partial charge on any atom is -0.367 e. The molecule has 0 bridgehead atoms. The number of aromatic nitrogens is 1. The molecule has 4 nitrogen and oxygen atoms in total. The lowest BCUT2D eigenvalue weighted by Gasteiger charge is -2.37. The summed E-state index contributed by atoms with van der Waals surface area (Å²) >= 11 is 0. The average molecular weight is 266 g/mol. The van der Waals surface area contributed by atoms with Crippen LogP contribution in [0.2, 0.25) is 0 Å². The standard InChI is InChI=1S/C12H9F3N4/c13-12(14,15)10-8(2-5-18-9(10)6-16)19-11(7-17)3-1-4-11/h2,5H,1,3-4H2,(H,18,19). The lowest BCUT2D eigenvalue weighted by atomic mass is 9.77. The quantitative estimate of drug-likeness (QED) is 0.893. The molecule has 0 saturated heterocycles. The summed E-state index contributed by atoms with van der Waals surface area (Å²) in [5, 5.41) is 20.4. The predicted octanol–water partition coefficient (Wildman–Crippen LogP) is 2.83. The molecule has 1 aliphatic rings. The van der Waals surface area contributed by atoms with Crippen molar-refractivity contribution in [3.63, 3.8) is 0 Å². The monoisotopic (exact) mass is 266 g/mol. The molecule has 0 radical (unpaired) electrons. The molecule has 0 amide bonds. The molecule has 7 heteroatoms. The van der Waals surface area contributed by atoms with Crippen LogP contribution >= 0.6 is 0 Å². The number of hydrogen-bond acceptors (Lipinski definition) is 4. The van der Waals surface area contributed by atoms with Gasteiger partial charge in [-0.25, -0.2) is 4.98 Å². The van der Waals surface area contributed by atoms with E-state index >= 15 is 0 Å². The Balaban J connectivity index is 2.47. The van der Waals surface area contributed by atoms with Crippen molar-refractivity contribution < 1.29 is 13.2 Å². The topological polar surface area (TPSA) is 72.5 Å². The second-order valence-electron chi connectivity index (χ2n) is 4.36. The molecule has 19 heavy (non-hydrogen) atoms. The Labute approximate surface area is 107 Å². The van der Waals surface area contributed by atoms with Crippen LogP contribution in [0.25, 0.3) is 0 Å². The number of pyridine rings is 1. The van der Waals surface area contributed by atoms with Crippen LogP contribution in [0.1, 0.15) is 30.5 Å². The third kappa shape index (κ3) is 2.32. The lowest BCUT2D eigenvalue weighted by molar-refractivity contribution is -0.137. The van der Waals surface area contributed by atoms with E-state index in [1.165, 1.54) is 6.07 Å². The van der Waals surface area contributed by atoms with E-state index in [0.717, 1.165) is 18.7 Å². The third-order valence-corrected chi connectivity index (χ3v) is 3.14. The summed E-state index contributed by atoms with van der Waals surface area (Å²) in [5.74, 6) is 0. The van der Waals surface area contributed by atoms with Gasteiger partial charge in [0.1, 0.15) is 17.2 Å². The molecule has 1 aliphatic carbocycles. The van der Waals surface area contributed by atoms with Crippen LogP contribution < -0.4 is 5.32 Å². The Morgan fingerprint density at radius 1 is 1.32 bits per heavy atom. The number of halogens is 3. The maximum atomic E-state index is 13.0. The minimum absolute atomic E-state index is 0.264. The molecule has 1 N–H and O–H groups in total. The Bertz CT molecular complexity index is 576. The van der Waals surface area contributed by atoms with E-state index in [0.29, 0.717) is 12.8 Å². The summed E-state index contributed by atoms with van der Waals surface area (Å²) < 4.78 is 38.9. The Hall–Kier alpha value is -2.28. The van der Waals surface area contributed by atoms with Gasteiger partial charge in [-0.2, -0.15) is 23.7 Å². The zero-order chi connectivity index (χ0) is 14.1. The average Bonchev–Trinajstić information content (AvgIpc) is 2.32. The molecule has 1 saturated carbocycles. The van der Waals surface area contributed by atoms with E-state index in [2.05, 4.69) is 10.3 Å². The largest absolute Gasteiger partial charge is 0.421 e. The second kappa shape index (κ2) is 4.43. The van der Waals surface area contributed by atoms with E-state index < -0.39 is 23.0 Å². The van der Waals surface area contributed by atoms with Gasteiger partial charge in [0.2, 0.25) is 0 Å². The lowest BCUT2D eigenvalue weighted by Crippen LogP contribution is -2.44. The molecule has 98 valence electrons. The molecular weight excluding hydrogens is 257 g/mol. The number of nitrogens with one attached hydrogen (secondary N) is 1. The van der Waals surface area contributed by atoms with Gasteiger partial charge < -0.3 is 5.32 Å². The highest BCUT2D eigenvalue weighted by molar-refractivity contribution is 5.59. The van der Waals surface area contributed by atoms with Crippen LogP contribution in [0, 0.1) is 22.7 Å². The highest BCUT2D eigenvalue weighted by Crippen LogP contribution is 2.41. The summed E-state index contributed by atoms with van der Waals surface area (Å²) in [6.45, 7) is 0. The number of nitriles is 2. The zero-order valence-corrected chi connectivity index (χ0v) is 9.75. The first-order chi connectivity index (χ1) is 8.92. The highest BCUT2D eigenvalue weighted by atomic mass is 19.4. The van der Waals surface area contributed by atoms with Gasteiger partial charge in [-0.15, -0.1) is 0 Å². The van der Waals surface area contributed by atoms with Crippen molar-refractivity contribution in [3.05, 3.63) is 23.5 Å². The van der Waals surface area contributed by atoms with Crippen LogP contribution in [-0.2, 0) is 6.18 Å². The summed E-state index contributed by atoms with van der Waals surface area (Å²) in [7, 11) is 0. The fourth-order valence-electron chi connectivity index (χ4n) is 1.99. The first-order valence-corrected chi connectivity index (χ1v) is 5.58. The smallest absolute Gasteiger partial charge is 0.367 e. The van der Waals surface area contributed by atoms with Crippen molar-refractivity contribution in [1.29, 1.82) is 10.5 Å². The minimum atomic E-state index is -4.69. The normalized spacial score (nSPS) is 16.9. The van der Waals surface area contributed by atoms with E-state index in [-0.39, 0.29) is 5.69 Å². The molecule has 0 unspecified atom stereocenters. The molecule has 1 aromatic rings. The number of anilines is 1. The first-order valence-electron chi connectivity index (χ1n) is 5.58. The molecule has 2 rings (SSSR count). The van der Waals surface area contributed by atoms with Gasteiger partial charge >= 0.3 is 6.18 Å². The molecule has 1 fully saturated rings. The van der Waals surface area contributed by atoms with Crippen molar-refractivity contribution in [1.82, 2.24) is 4.98 Å². The third-order valence-electron chi connectivity index (χ3n) is 3.14. The van der Waals surface area contributed by atoms with Gasteiger partial charge in [-0.1, -0.05) is 0 Å². The molecule has 1 heterocycles. The number of alkyl halides is 3. The van der Waals surface area contributed by atoms with Crippen molar-refractivity contribution in [2.75, 3.05) is 5.32 Å². The summed E-state index contributed by atoms with van der Waals surface area (Å²) in [6, 6.07) is 4.57. The van der Waals surface area contributed by atoms with Gasteiger partial charge in [-0.3, -0.25) is 0 Å². The second-order valence-corrected chi connectivity index (χ2v) is 4.36. The van der Waals surface area contributed by atoms with E-state index in [9.17, 15) is 13.2 Å². The van der Waals surface area contributed by atoms with E-state index in [1.54, 1.807) is 0 Å². The first kappa shape index (κ1) is 13.2. The van der Waals surface area contributed by atoms with Gasteiger partial charge in [0.25, 0.3) is 0 Å². The summed E-state index contributed by atoms with van der Waals surface area (Å²) in [4.78, 5) is 3.42. The Morgan fingerprint density at radius 2 is 2.00 bits per heavy atom. The molecular formula is C12H9F3N4. The zero-order valence-electron chi connectivity index (χ0n) is 9.75. The van der Waals surface area contributed by atoms with Crippen LogP contribution in [0.3, 0.4) is 0 Å². The van der Waals surface area contributed by atoms with Crippen LogP contribution in [-0.4, -0.2) is 10.5 Å². The maximum Gasteiger partial charge on any atom is 0.421 e. The fourth-order valence-corrected chi connectivity index (χ4v) is 1.99. The molecule has 1 aromatic heterocycles. The van der Waals surface area contributed by atoms with Crippen LogP contribution in [0.5, 0.6) is 0 Å². The number of hydrogen-bond donors (Lipinski definition) is 1. The Morgan fingerprint density at radius 3 is 2.42 bits per heavy atom. The predicted molar refractivity (Wildman–Crippen MR) is 59.8 cm³/mol. The molecule has 0 aromatic carbocycles. The fraction of sp³-hybridized carbons (Fsp3) is 0.417. The Kier molecular flexibility index (Phi) is 3.07. The van der Waals surface area contributed by atoms with Gasteiger partial charge in [0.15, 0.2) is 5.69 Å². The van der Waals surface area contributed by atoms with Crippen molar-refractivity contribution >= 4 is 5.69 Å². The summed E-state index contributed by atoms with van der Waals surface area (Å²) in [6.07, 6.45) is -1.80. The highest BCUT2D eigenvalue weighted by Gasteiger charge is 2.42. The van der Waals surface area contributed by atoms with E-state index in [1.807, 2.05) is 6.07 Å². The molecule has 0 aliphatic heterocycles. The van der Waals surface area contributed by atoms with Crippen molar-refractivity contribution in [2.24, 2.45) is 0 Å². The van der Waals surface area contributed by atoms with Gasteiger partial charge in [0, 0.05) is 6.20 Å².